The molecule has 10 heteroatoms. The smallest absolute Gasteiger partial charge is 0.381 e. The number of benzene rings is 1. The number of pyridine rings is 1. The molecule has 33 heavy (non-hydrogen) atoms. The van der Waals surface area contributed by atoms with Gasteiger partial charge in [-0.3, -0.25) is 4.98 Å². The molecule has 4 rings (SSSR count). The number of halogens is 4. The lowest BCUT2D eigenvalue weighted by atomic mass is 10.0. The molecule has 1 saturated heterocycles. The molecule has 1 fully saturated rings. The van der Waals surface area contributed by atoms with Gasteiger partial charge in [-0.2, -0.15) is 18.3 Å². The van der Waals surface area contributed by atoms with E-state index in [1.165, 1.54) is 12.1 Å². The summed E-state index contributed by atoms with van der Waals surface area (Å²) in [6, 6.07) is 4.41. The standard InChI is InChI=1S/C23H25F4N5O/c1-13(17-5-4-6-19(20(17)24)23(25,26)27)29-22-18-11-15(12-28-21(18)14(2)30-31-22)32-9-7-16(33-3)8-10-32/h4-6,11-13,16H,7-10H2,1-3H3,(H,29,31)/t13-/m1/s1. The third kappa shape index (κ3) is 4.71. The van der Waals surface area contributed by atoms with Crippen LogP contribution < -0.4 is 10.2 Å². The molecule has 3 aromatic rings. The van der Waals surface area contributed by atoms with Gasteiger partial charge in [-0.1, -0.05) is 12.1 Å². The molecule has 176 valence electrons. The highest BCUT2D eigenvalue weighted by molar-refractivity contribution is 5.92. The second kappa shape index (κ2) is 9.09. The first kappa shape index (κ1) is 23.2. The average molecular weight is 463 g/mol. The van der Waals surface area contributed by atoms with Crippen molar-refractivity contribution in [2.24, 2.45) is 0 Å². The summed E-state index contributed by atoms with van der Waals surface area (Å²) < 4.78 is 59.5. The third-order valence-electron chi connectivity index (χ3n) is 6.07. The lowest BCUT2D eigenvalue weighted by Gasteiger charge is -2.32. The van der Waals surface area contributed by atoms with E-state index in [1.54, 1.807) is 27.2 Å². The van der Waals surface area contributed by atoms with Crippen molar-refractivity contribution in [3.63, 3.8) is 0 Å². The van der Waals surface area contributed by atoms with Gasteiger partial charge in [0.15, 0.2) is 5.82 Å². The molecule has 0 bridgehead atoms. The number of ether oxygens (including phenoxy) is 1. The average Bonchev–Trinajstić information content (AvgIpc) is 2.80. The number of alkyl halides is 3. The van der Waals surface area contributed by atoms with Gasteiger partial charge in [-0.25, -0.2) is 4.39 Å². The largest absolute Gasteiger partial charge is 0.419 e. The molecule has 1 aliphatic rings. The fourth-order valence-electron chi connectivity index (χ4n) is 4.16. The number of nitrogens with one attached hydrogen (secondary N) is 1. The van der Waals surface area contributed by atoms with Crippen molar-refractivity contribution >= 4 is 22.4 Å². The molecule has 0 aliphatic carbocycles. The van der Waals surface area contributed by atoms with Gasteiger partial charge in [-0.15, -0.1) is 5.10 Å². The van der Waals surface area contributed by atoms with Gasteiger partial charge < -0.3 is 15.0 Å². The van der Waals surface area contributed by atoms with Crippen LogP contribution >= 0.6 is 0 Å². The summed E-state index contributed by atoms with van der Waals surface area (Å²) in [4.78, 5) is 6.77. The van der Waals surface area contributed by atoms with E-state index in [9.17, 15) is 17.6 Å². The van der Waals surface area contributed by atoms with Gasteiger partial charge in [0, 0.05) is 31.1 Å². The number of rotatable bonds is 5. The van der Waals surface area contributed by atoms with Crippen molar-refractivity contribution in [2.75, 3.05) is 30.4 Å². The number of aryl methyl sites for hydroxylation is 1. The molecule has 0 unspecified atom stereocenters. The van der Waals surface area contributed by atoms with Gasteiger partial charge in [0.1, 0.15) is 5.82 Å². The van der Waals surface area contributed by atoms with Crippen molar-refractivity contribution in [1.29, 1.82) is 0 Å². The van der Waals surface area contributed by atoms with Crippen LogP contribution in [0.4, 0.5) is 29.1 Å². The Morgan fingerprint density at radius 2 is 1.91 bits per heavy atom. The van der Waals surface area contributed by atoms with Gasteiger partial charge in [0.2, 0.25) is 0 Å². The molecule has 1 atom stereocenters. The number of aromatic nitrogens is 3. The zero-order valence-electron chi connectivity index (χ0n) is 18.6. The molecule has 0 spiro atoms. The van der Waals surface area contributed by atoms with Crippen LogP contribution in [0, 0.1) is 12.7 Å². The number of fused-ring (bicyclic) bond motifs is 1. The van der Waals surface area contributed by atoms with Crippen LogP contribution in [0.25, 0.3) is 10.9 Å². The molecule has 1 aromatic carbocycles. The minimum Gasteiger partial charge on any atom is -0.381 e. The number of methoxy groups -OCH3 is 1. The van der Waals surface area contributed by atoms with E-state index in [1.807, 2.05) is 6.07 Å². The molecule has 0 saturated carbocycles. The predicted molar refractivity (Wildman–Crippen MR) is 118 cm³/mol. The van der Waals surface area contributed by atoms with E-state index in [0.717, 1.165) is 37.7 Å². The van der Waals surface area contributed by atoms with E-state index < -0.39 is 23.6 Å². The maximum Gasteiger partial charge on any atom is 0.419 e. The van der Waals surface area contributed by atoms with Gasteiger partial charge in [0.25, 0.3) is 0 Å². The van der Waals surface area contributed by atoms with E-state index in [0.29, 0.717) is 22.4 Å². The first-order valence-electron chi connectivity index (χ1n) is 10.7. The zero-order chi connectivity index (χ0) is 23.8. The fourth-order valence-corrected chi connectivity index (χ4v) is 4.16. The molecule has 3 heterocycles. The van der Waals surface area contributed by atoms with Crippen LogP contribution in [0.15, 0.2) is 30.5 Å². The second-order valence-corrected chi connectivity index (χ2v) is 8.22. The number of hydrogen-bond acceptors (Lipinski definition) is 6. The molecule has 2 aromatic heterocycles. The Bertz CT molecular complexity index is 1150. The Balaban J connectivity index is 1.66. The van der Waals surface area contributed by atoms with Crippen molar-refractivity contribution in [1.82, 2.24) is 15.2 Å². The summed E-state index contributed by atoms with van der Waals surface area (Å²) in [5, 5.41) is 12.0. The first-order chi connectivity index (χ1) is 15.7. The number of piperidine rings is 1. The first-order valence-corrected chi connectivity index (χ1v) is 10.7. The maximum atomic E-state index is 14.6. The highest BCUT2D eigenvalue weighted by Gasteiger charge is 2.35. The lowest BCUT2D eigenvalue weighted by molar-refractivity contribution is -0.140. The van der Waals surface area contributed by atoms with E-state index in [-0.39, 0.29) is 11.7 Å². The number of anilines is 2. The van der Waals surface area contributed by atoms with Crippen LogP contribution in [0.3, 0.4) is 0 Å². The van der Waals surface area contributed by atoms with Crippen LogP contribution in [0.1, 0.15) is 42.6 Å². The molecule has 1 N–H and O–H groups in total. The monoisotopic (exact) mass is 463 g/mol. The summed E-state index contributed by atoms with van der Waals surface area (Å²) in [5.74, 6) is -0.963. The molecular formula is C23H25F4N5O. The van der Waals surface area contributed by atoms with Crippen LogP contribution in [-0.4, -0.2) is 41.5 Å². The Kier molecular flexibility index (Phi) is 6.38. The molecular weight excluding hydrogens is 438 g/mol. The van der Waals surface area contributed by atoms with Crippen LogP contribution in [-0.2, 0) is 10.9 Å². The zero-order valence-corrected chi connectivity index (χ0v) is 18.6. The van der Waals surface area contributed by atoms with E-state index in [4.69, 9.17) is 4.74 Å². The third-order valence-corrected chi connectivity index (χ3v) is 6.07. The quantitative estimate of drug-likeness (QED) is 0.520. The van der Waals surface area contributed by atoms with Gasteiger partial charge in [-0.05, 0) is 38.8 Å². The summed E-state index contributed by atoms with van der Waals surface area (Å²) in [5.41, 5.74) is 0.756. The topological polar surface area (TPSA) is 63.2 Å². The normalized spacial score (nSPS) is 16.3. The van der Waals surface area contributed by atoms with E-state index >= 15 is 0 Å². The number of nitrogens with zero attached hydrogens (tertiary/aromatic N) is 4. The Morgan fingerprint density at radius 3 is 2.58 bits per heavy atom. The van der Waals surface area contributed by atoms with Crippen molar-refractivity contribution in [2.45, 2.75) is 45.0 Å². The minimum absolute atomic E-state index is 0.105. The summed E-state index contributed by atoms with van der Waals surface area (Å²) >= 11 is 0. The van der Waals surface area contributed by atoms with E-state index in [2.05, 4.69) is 25.4 Å². The highest BCUT2D eigenvalue weighted by Crippen LogP contribution is 2.35. The highest BCUT2D eigenvalue weighted by atomic mass is 19.4. The van der Waals surface area contributed by atoms with Crippen molar-refractivity contribution < 1.29 is 22.3 Å². The lowest BCUT2D eigenvalue weighted by Crippen LogP contribution is -2.36. The Morgan fingerprint density at radius 1 is 1.18 bits per heavy atom. The van der Waals surface area contributed by atoms with Crippen LogP contribution in [0.5, 0.6) is 0 Å². The van der Waals surface area contributed by atoms with Crippen molar-refractivity contribution in [3.05, 3.63) is 53.1 Å². The summed E-state index contributed by atoms with van der Waals surface area (Å²) in [6.45, 7) is 5.00. The maximum absolute atomic E-state index is 14.6. The number of hydrogen-bond donors (Lipinski definition) is 1. The minimum atomic E-state index is -4.77. The van der Waals surface area contributed by atoms with Crippen molar-refractivity contribution in [3.8, 4) is 0 Å². The fraction of sp³-hybridized carbons (Fsp3) is 0.435. The molecule has 6 nitrogen and oxygen atoms in total. The molecule has 0 radical (unpaired) electrons. The van der Waals surface area contributed by atoms with Gasteiger partial charge in [0.05, 0.1) is 40.8 Å². The van der Waals surface area contributed by atoms with Crippen LogP contribution in [0.2, 0.25) is 0 Å². The molecule has 0 amide bonds. The van der Waals surface area contributed by atoms with Gasteiger partial charge >= 0.3 is 6.18 Å². The summed E-state index contributed by atoms with van der Waals surface area (Å²) in [6.07, 6.45) is -0.948. The SMILES string of the molecule is COC1CCN(c2cnc3c(C)nnc(N[C@H](C)c4cccc(C(F)(F)F)c4F)c3c2)CC1. The predicted octanol–water partition coefficient (Wildman–Crippen LogP) is 5.28. The Labute approximate surface area is 189 Å². The Hall–Kier alpha value is -3.01. The second-order valence-electron chi connectivity index (χ2n) is 8.22. The molecule has 1 aliphatic heterocycles. The summed E-state index contributed by atoms with van der Waals surface area (Å²) in [7, 11) is 1.71.